The van der Waals surface area contributed by atoms with E-state index in [0.717, 1.165) is 12.0 Å². The van der Waals surface area contributed by atoms with Gasteiger partial charge in [-0.3, -0.25) is 0 Å². The molecular formula is C14H25N3O. The van der Waals surface area contributed by atoms with Crippen molar-refractivity contribution in [2.45, 2.75) is 58.8 Å². The molecule has 18 heavy (non-hydrogen) atoms. The molecule has 0 aromatic carbocycles. The van der Waals surface area contributed by atoms with Crippen LogP contribution < -0.4 is 10.5 Å². The highest BCUT2D eigenvalue weighted by Crippen LogP contribution is 2.28. The summed E-state index contributed by atoms with van der Waals surface area (Å²) in [5.74, 6) is 1.45. The van der Waals surface area contributed by atoms with E-state index in [1.54, 1.807) is 0 Å². The Bertz CT molecular complexity index is 353. The number of hydrogen-bond acceptors (Lipinski definition) is 4. The average Bonchev–Trinajstić information content (AvgIpc) is 2.33. The van der Waals surface area contributed by atoms with Crippen LogP contribution in [0.5, 0.6) is 5.88 Å². The van der Waals surface area contributed by atoms with E-state index in [9.17, 15) is 0 Å². The van der Waals surface area contributed by atoms with E-state index >= 15 is 0 Å². The maximum Gasteiger partial charge on any atom is 0.222 e. The maximum absolute atomic E-state index is 5.86. The van der Waals surface area contributed by atoms with E-state index in [4.69, 9.17) is 10.5 Å². The Morgan fingerprint density at radius 3 is 2.56 bits per heavy atom. The van der Waals surface area contributed by atoms with Gasteiger partial charge in [-0.25, -0.2) is 9.97 Å². The van der Waals surface area contributed by atoms with Crippen LogP contribution in [0.3, 0.4) is 0 Å². The van der Waals surface area contributed by atoms with Gasteiger partial charge in [-0.2, -0.15) is 0 Å². The van der Waals surface area contributed by atoms with Crippen molar-refractivity contribution in [1.29, 1.82) is 0 Å². The number of rotatable bonds is 8. The number of hydrogen-bond donors (Lipinski definition) is 1. The minimum atomic E-state index is 0.279. The average molecular weight is 251 g/mol. The van der Waals surface area contributed by atoms with E-state index in [0.29, 0.717) is 18.3 Å². The summed E-state index contributed by atoms with van der Waals surface area (Å²) in [6, 6.07) is 0. The van der Waals surface area contributed by atoms with Gasteiger partial charge in [-0.15, -0.1) is 0 Å². The van der Waals surface area contributed by atoms with Crippen LogP contribution in [0, 0.1) is 0 Å². The fourth-order valence-electron chi connectivity index (χ4n) is 1.92. The largest absolute Gasteiger partial charge is 0.477 e. The second kappa shape index (κ2) is 7.90. The van der Waals surface area contributed by atoms with Crippen LogP contribution in [0.2, 0.25) is 0 Å². The van der Waals surface area contributed by atoms with Crippen molar-refractivity contribution >= 4 is 5.82 Å². The molecule has 0 radical (unpaired) electrons. The zero-order chi connectivity index (χ0) is 13.4. The summed E-state index contributed by atoms with van der Waals surface area (Å²) in [5, 5.41) is 0. The first-order chi connectivity index (χ1) is 8.66. The molecule has 1 aromatic rings. The van der Waals surface area contributed by atoms with Crippen molar-refractivity contribution in [3.05, 3.63) is 11.9 Å². The Balaban J connectivity index is 2.44. The van der Waals surface area contributed by atoms with Crippen LogP contribution in [0.4, 0.5) is 5.82 Å². The van der Waals surface area contributed by atoms with Gasteiger partial charge in [0.25, 0.3) is 0 Å². The first-order valence-corrected chi connectivity index (χ1v) is 6.90. The lowest BCUT2D eigenvalue weighted by Crippen LogP contribution is -2.07. The van der Waals surface area contributed by atoms with Crippen LogP contribution in [0.1, 0.15) is 64.4 Å². The molecule has 4 nitrogen and oxygen atoms in total. The van der Waals surface area contributed by atoms with Gasteiger partial charge >= 0.3 is 0 Å². The highest BCUT2D eigenvalue weighted by atomic mass is 16.5. The van der Waals surface area contributed by atoms with E-state index in [1.165, 1.54) is 32.0 Å². The molecule has 102 valence electrons. The second-order valence-electron chi connectivity index (χ2n) is 4.90. The summed E-state index contributed by atoms with van der Waals surface area (Å²) in [6.45, 7) is 7.07. The molecule has 0 amide bonds. The molecule has 1 aromatic heterocycles. The Labute approximate surface area is 110 Å². The Hall–Kier alpha value is -1.32. The Morgan fingerprint density at radius 2 is 1.89 bits per heavy atom. The maximum atomic E-state index is 5.86. The summed E-state index contributed by atoms with van der Waals surface area (Å²) >= 11 is 0. The minimum absolute atomic E-state index is 0.279. The van der Waals surface area contributed by atoms with Gasteiger partial charge in [-0.05, 0) is 12.3 Å². The lowest BCUT2D eigenvalue weighted by atomic mass is 10.1. The molecule has 0 atom stereocenters. The Kier molecular flexibility index (Phi) is 6.47. The third-order valence-electron chi connectivity index (χ3n) is 2.94. The molecule has 0 bridgehead atoms. The molecule has 0 aliphatic heterocycles. The molecule has 0 saturated carbocycles. The molecule has 0 saturated heterocycles. The van der Waals surface area contributed by atoms with Crippen LogP contribution in [0.25, 0.3) is 0 Å². The topological polar surface area (TPSA) is 61.0 Å². The summed E-state index contributed by atoms with van der Waals surface area (Å²) in [7, 11) is 0. The molecule has 0 aliphatic rings. The number of nitrogens with zero attached hydrogens (tertiary/aromatic N) is 2. The summed E-state index contributed by atoms with van der Waals surface area (Å²) < 4.78 is 5.73. The number of anilines is 1. The predicted octanol–water partition coefficient (Wildman–Crippen LogP) is 3.53. The van der Waals surface area contributed by atoms with Crippen molar-refractivity contribution in [3.8, 4) is 5.88 Å². The van der Waals surface area contributed by atoms with Crippen LogP contribution in [-0.2, 0) is 0 Å². The molecule has 1 heterocycles. The number of unbranched alkanes of at least 4 members (excludes halogenated alkanes) is 4. The molecule has 4 heteroatoms. The quantitative estimate of drug-likeness (QED) is 0.718. The first-order valence-electron chi connectivity index (χ1n) is 6.90. The molecule has 0 fully saturated rings. The monoisotopic (exact) mass is 251 g/mol. The zero-order valence-corrected chi connectivity index (χ0v) is 11.8. The van der Waals surface area contributed by atoms with Gasteiger partial charge in [0.05, 0.1) is 12.2 Å². The zero-order valence-electron chi connectivity index (χ0n) is 11.8. The highest BCUT2D eigenvalue weighted by Gasteiger charge is 2.13. The molecule has 0 aliphatic carbocycles. The van der Waals surface area contributed by atoms with E-state index in [2.05, 4.69) is 30.7 Å². The third kappa shape index (κ3) is 4.51. The lowest BCUT2D eigenvalue weighted by molar-refractivity contribution is 0.289. The van der Waals surface area contributed by atoms with E-state index < -0.39 is 0 Å². The van der Waals surface area contributed by atoms with Crippen molar-refractivity contribution in [1.82, 2.24) is 9.97 Å². The second-order valence-corrected chi connectivity index (χ2v) is 4.90. The third-order valence-corrected chi connectivity index (χ3v) is 2.94. The normalized spacial score (nSPS) is 10.9. The van der Waals surface area contributed by atoms with Gasteiger partial charge in [0.15, 0.2) is 0 Å². The van der Waals surface area contributed by atoms with Crippen molar-refractivity contribution < 1.29 is 4.74 Å². The van der Waals surface area contributed by atoms with Crippen LogP contribution in [-0.4, -0.2) is 16.6 Å². The summed E-state index contributed by atoms with van der Waals surface area (Å²) in [5.41, 5.74) is 6.78. The van der Waals surface area contributed by atoms with Gasteiger partial charge < -0.3 is 10.5 Å². The SMILES string of the molecule is CCCCCCCOc1ncnc(N)c1C(C)C. The number of nitrogens with two attached hydrogens (primary N) is 1. The predicted molar refractivity (Wildman–Crippen MR) is 74.8 cm³/mol. The smallest absolute Gasteiger partial charge is 0.222 e. The molecule has 0 unspecified atom stereocenters. The molecule has 2 N–H and O–H groups in total. The van der Waals surface area contributed by atoms with Crippen molar-refractivity contribution in [3.63, 3.8) is 0 Å². The Morgan fingerprint density at radius 1 is 1.17 bits per heavy atom. The van der Waals surface area contributed by atoms with Gasteiger partial charge in [0, 0.05) is 0 Å². The molecule has 0 spiro atoms. The van der Waals surface area contributed by atoms with Crippen molar-refractivity contribution in [2.75, 3.05) is 12.3 Å². The van der Waals surface area contributed by atoms with E-state index in [1.807, 2.05) is 0 Å². The van der Waals surface area contributed by atoms with E-state index in [-0.39, 0.29) is 5.92 Å². The minimum Gasteiger partial charge on any atom is -0.477 e. The number of aromatic nitrogens is 2. The first kappa shape index (κ1) is 14.7. The lowest BCUT2D eigenvalue weighted by Gasteiger charge is -2.13. The van der Waals surface area contributed by atoms with Crippen LogP contribution in [0.15, 0.2) is 6.33 Å². The summed E-state index contributed by atoms with van der Waals surface area (Å²) in [6.07, 6.45) is 7.60. The standard InChI is InChI=1S/C14H25N3O/c1-4-5-6-7-8-9-18-14-12(11(2)3)13(15)16-10-17-14/h10-11H,4-9H2,1-3H3,(H2,15,16,17). The fourth-order valence-corrected chi connectivity index (χ4v) is 1.92. The number of ether oxygens (including phenoxy) is 1. The number of nitrogen functional groups attached to an aromatic ring is 1. The highest BCUT2D eigenvalue weighted by molar-refractivity contribution is 5.46. The van der Waals surface area contributed by atoms with Gasteiger partial charge in [0.1, 0.15) is 12.1 Å². The van der Waals surface area contributed by atoms with Gasteiger partial charge in [0.2, 0.25) is 5.88 Å². The molecular weight excluding hydrogens is 226 g/mol. The fraction of sp³-hybridized carbons (Fsp3) is 0.714. The summed E-state index contributed by atoms with van der Waals surface area (Å²) in [4.78, 5) is 8.20. The van der Waals surface area contributed by atoms with Crippen molar-refractivity contribution in [2.24, 2.45) is 0 Å². The van der Waals surface area contributed by atoms with Crippen LogP contribution >= 0.6 is 0 Å². The molecule has 1 rings (SSSR count). The van der Waals surface area contributed by atoms with Gasteiger partial charge in [-0.1, -0.05) is 46.5 Å².